The van der Waals surface area contributed by atoms with Crippen molar-refractivity contribution < 1.29 is 0 Å². The molecule has 0 radical (unpaired) electrons. The van der Waals surface area contributed by atoms with Crippen LogP contribution in [0.25, 0.3) is 0 Å². The average Bonchev–Trinajstić information content (AvgIpc) is 1.83. The van der Waals surface area contributed by atoms with Gasteiger partial charge in [0, 0.05) is 12.1 Å². The minimum Gasteiger partial charge on any atom is -0.404 e. The molecule has 0 fully saturated rings. The highest BCUT2D eigenvalue weighted by molar-refractivity contribution is 6.18. The number of rotatable bonds is 3. The van der Waals surface area contributed by atoms with Gasteiger partial charge in [-0.3, -0.25) is 0 Å². The van der Waals surface area contributed by atoms with Gasteiger partial charge in [0.1, 0.15) is 0 Å². The lowest BCUT2D eigenvalue weighted by Crippen LogP contribution is -1.90. The standard InChI is InChI=1S/C5H9ClN2/c6-2-1-5(3-7)4-8/h3-4,7H,1-2,8H2/b5-4-,7-3?. The molecule has 0 saturated heterocycles. The molecule has 8 heavy (non-hydrogen) atoms. The third-order valence-electron chi connectivity index (χ3n) is 0.783. The lowest BCUT2D eigenvalue weighted by Gasteiger charge is -1.90. The second-order valence-corrected chi connectivity index (χ2v) is 1.70. The second kappa shape index (κ2) is 4.65. The van der Waals surface area contributed by atoms with E-state index >= 15 is 0 Å². The maximum atomic E-state index is 6.73. The molecule has 0 bridgehead atoms. The molecule has 0 heterocycles. The van der Waals surface area contributed by atoms with Crippen LogP contribution in [0.3, 0.4) is 0 Å². The molecule has 0 aliphatic heterocycles. The summed E-state index contributed by atoms with van der Waals surface area (Å²) in [5.74, 6) is 0.526. The molecule has 0 aromatic heterocycles. The Labute approximate surface area is 53.8 Å². The summed E-state index contributed by atoms with van der Waals surface area (Å²) in [7, 11) is 0. The molecule has 0 spiro atoms. The van der Waals surface area contributed by atoms with E-state index in [9.17, 15) is 0 Å². The summed E-state index contributed by atoms with van der Waals surface area (Å²) in [6.45, 7) is 0. The highest BCUT2D eigenvalue weighted by atomic mass is 35.5. The van der Waals surface area contributed by atoms with E-state index in [1.165, 1.54) is 12.4 Å². The van der Waals surface area contributed by atoms with E-state index in [-0.39, 0.29) is 0 Å². The number of halogens is 1. The van der Waals surface area contributed by atoms with Gasteiger partial charge in [-0.25, -0.2) is 0 Å². The summed E-state index contributed by atoms with van der Waals surface area (Å²) in [5, 5.41) is 6.73. The van der Waals surface area contributed by atoms with E-state index in [0.29, 0.717) is 12.3 Å². The summed E-state index contributed by atoms with van der Waals surface area (Å²) in [5.41, 5.74) is 5.88. The number of alkyl halides is 1. The maximum Gasteiger partial charge on any atom is 0.0265 e. The molecule has 2 nitrogen and oxygen atoms in total. The minimum absolute atomic E-state index is 0.526. The van der Waals surface area contributed by atoms with E-state index in [4.69, 9.17) is 22.7 Å². The van der Waals surface area contributed by atoms with Gasteiger partial charge in [0.05, 0.1) is 0 Å². The van der Waals surface area contributed by atoms with Crippen molar-refractivity contribution in [1.82, 2.24) is 0 Å². The first-order valence-electron chi connectivity index (χ1n) is 2.32. The molecule has 0 amide bonds. The molecule has 0 aromatic carbocycles. The smallest absolute Gasteiger partial charge is 0.0265 e. The first-order chi connectivity index (χ1) is 3.85. The van der Waals surface area contributed by atoms with Crippen LogP contribution >= 0.6 is 11.6 Å². The Balaban J connectivity index is 3.54. The normalized spacial score (nSPS) is 11.4. The van der Waals surface area contributed by atoms with E-state index in [1.807, 2.05) is 0 Å². The number of hydrogen-bond acceptors (Lipinski definition) is 2. The van der Waals surface area contributed by atoms with Gasteiger partial charge in [0.15, 0.2) is 0 Å². The maximum absolute atomic E-state index is 6.73. The summed E-state index contributed by atoms with van der Waals surface area (Å²) < 4.78 is 0. The van der Waals surface area contributed by atoms with Crippen molar-refractivity contribution in [2.45, 2.75) is 6.42 Å². The van der Waals surface area contributed by atoms with Gasteiger partial charge in [-0.15, -0.1) is 11.6 Å². The fourth-order valence-corrected chi connectivity index (χ4v) is 0.531. The molecule has 0 saturated carbocycles. The van der Waals surface area contributed by atoms with Gasteiger partial charge in [-0.1, -0.05) is 0 Å². The fraction of sp³-hybridized carbons (Fsp3) is 0.400. The average molecular weight is 133 g/mol. The number of nitrogens with one attached hydrogen (secondary N) is 1. The summed E-state index contributed by atoms with van der Waals surface area (Å²) in [6, 6.07) is 0. The molecule has 0 aliphatic rings. The van der Waals surface area contributed by atoms with E-state index in [1.54, 1.807) is 0 Å². The van der Waals surface area contributed by atoms with Crippen LogP contribution in [0.5, 0.6) is 0 Å². The zero-order valence-electron chi connectivity index (χ0n) is 4.52. The summed E-state index contributed by atoms with van der Waals surface area (Å²) in [4.78, 5) is 0. The van der Waals surface area contributed by atoms with Crippen LogP contribution in [0.2, 0.25) is 0 Å². The van der Waals surface area contributed by atoms with Gasteiger partial charge < -0.3 is 11.1 Å². The molecular formula is C5H9ClN2. The van der Waals surface area contributed by atoms with Crippen LogP contribution in [0, 0.1) is 5.41 Å². The Morgan fingerprint density at radius 1 is 1.75 bits per heavy atom. The van der Waals surface area contributed by atoms with Crippen LogP contribution in [-0.4, -0.2) is 12.1 Å². The van der Waals surface area contributed by atoms with Crippen LogP contribution < -0.4 is 5.73 Å². The number of nitrogens with two attached hydrogens (primary N) is 1. The van der Waals surface area contributed by atoms with Gasteiger partial charge in [0.25, 0.3) is 0 Å². The van der Waals surface area contributed by atoms with Crippen molar-refractivity contribution in [3.05, 3.63) is 11.8 Å². The van der Waals surface area contributed by atoms with Gasteiger partial charge >= 0.3 is 0 Å². The third-order valence-corrected chi connectivity index (χ3v) is 0.972. The van der Waals surface area contributed by atoms with Gasteiger partial charge in [-0.05, 0) is 18.2 Å². The van der Waals surface area contributed by atoms with E-state index in [2.05, 4.69) is 0 Å². The lowest BCUT2D eigenvalue weighted by molar-refractivity contribution is 1.17. The van der Waals surface area contributed by atoms with Gasteiger partial charge in [0.2, 0.25) is 0 Å². The van der Waals surface area contributed by atoms with Crippen LogP contribution in [-0.2, 0) is 0 Å². The first-order valence-corrected chi connectivity index (χ1v) is 2.85. The molecule has 0 atom stereocenters. The zero-order chi connectivity index (χ0) is 6.41. The van der Waals surface area contributed by atoms with E-state index < -0.39 is 0 Å². The molecule has 0 aliphatic carbocycles. The Morgan fingerprint density at radius 2 is 2.38 bits per heavy atom. The highest BCUT2D eigenvalue weighted by Gasteiger charge is 1.86. The molecule has 0 unspecified atom stereocenters. The monoisotopic (exact) mass is 132 g/mol. The number of allylic oxidation sites excluding steroid dienone is 1. The van der Waals surface area contributed by atoms with Gasteiger partial charge in [-0.2, -0.15) is 0 Å². The van der Waals surface area contributed by atoms with Crippen LogP contribution in [0.1, 0.15) is 6.42 Å². The molecule has 0 aromatic rings. The molecule has 0 rings (SSSR count). The Kier molecular flexibility index (Phi) is 4.36. The number of hydrogen-bond donors (Lipinski definition) is 2. The predicted molar refractivity (Wildman–Crippen MR) is 36.4 cm³/mol. The second-order valence-electron chi connectivity index (χ2n) is 1.32. The molecule has 3 heteroatoms. The highest BCUT2D eigenvalue weighted by Crippen LogP contribution is 1.95. The van der Waals surface area contributed by atoms with E-state index in [0.717, 1.165) is 5.57 Å². The largest absolute Gasteiger partial charge is 0.404 e. The summed E-state index contributed by atoms with van der Waals surface area (Å²) in [6.07, 6.45) is 3.29. The van der Waals surface area contributed by atoms with Crippen molar-refractivity contribution >= 4 is 17.8 Å². The molecule has 46 valence electrons. The van der Waals surface area contributed by atoms with Crippen molar-refractivity contribution in [1.29, 1.82) is 5.41 Å². The predicted octanol–water partition coefficient (Wildman–Crippen LogP) is 1.11. The topological polar surface area (TPSA) is 49.9 Å². The third kappa shape index (κ3) is 2.64. The zero-order valence-corrected chi connectivity index (χ0v) is 5.28. The first kappa shape index (κ1) is 7.50. The van der Waals surface area contributed by atoms with Crippen molar-refractivity contribution in [3.63, 3.8) is 0 Å². The molecular weight excluding hydrogens is 124 g/mol. The van der Waals surface area contributed by atoms with Crippen molar-refractivity contribution in [3.8, 4) is 0 Å². The summed E-state index contributed by atoms with van der Waals surface area (Å²) >= 11 is 5.35. The van der Waals surface area contributed by atoms with Crippen molar-refractivity contribution in [2.75, 3.05) is 5.88 Å². The minimum atomic E-state index is 0.526. The Morgan fingerprint density at radius 3 is 2.50 bits per heavy atom. The SMILES string of the molecule is N=C/C(=C\N)CCCl. The fourth-order valence-electron chi connectivity index (χ4n) is 0.313. The lowest BCUT2D eigenvalue weighted by atomic mass is 10.2. The van der Waals surface area contributed by atoms with Crippen molar-refractivity contribution in [2.24, 2.45) is 5.73 Å². The Hall–Kier alpha value is -0.500. The quantitative estimate of drug-likeness (QED) is 0.439. The van der Waals surface area contributed by atoms with Crippen LogP contribution in [0.4, 0.5) is 0 Å². The van der Waals surface area contributed by atoms with Crippen LogP contribution in [0.15, 0.2) is 11.8 Å². The Bertz CT molecular complexity index is 98.6. The molecule has 3 N–H and O–H groups in total.